The number of halogens is 1. The summed E-state index contributed by atoms with van der Waals surface area (Å²) in [5, 5.41) is 3.73. The monoisotopic (exact) mass is 323 g/mol. The first kappa shape index (κ1) is 16.8. The summed E-state index contributed by atoms with van der Waals surface area (Å²) in [5.41, 5.74) is 0.509. The zero-order valence-electron chi connectivity index (χ0n) is 13.0. The van der Waals surface area contributed by atoms with E-state index in [4.69, 9.17) is 11.6 Å². The second-order valence-corrected chi connectivity index (χ2v) is 6.10. The molecule has 1 N–H and O–H groups in total. The Morgan fingerprint density at radius 3 is 2.59 bits per heavy atom. The number of hydrogen-bond donors (Lipinski definition) is 1. The fraction of sp³-hybridized carbons (Fsp3) is 0.500. The highest BCUT2D eigenvalue weighted by molar-refractivity contribution is 6.30. The van der Waals surface area contributed by atoms with Crippen LogP contribution in [0.2, 0.25) is 5.02 Å². The number of rotatable bonds is 4. The molecule has 1 aliphatic heterocycles. The van der Waals surface area contributed by atoms with Gasteiger partial charge in [0.15, 0.2) is 0 Å². The Bertz CT molecular complexity index is 542. The standard InChI is InChI=1S/C16H22ClN3O2/c1-12(2)20(11-15(21)19-8-6-18-7-9-19)16(22)13-4-3-5-14(17)10-13/h3-5,10,12,18H,6-9,11H2,1-2H3. The van der Waals surface area contributed by atoms with Gasteiger partial charge in [-0.1, -0.05) is 17.7 Å². The Hall–Kier alpha value is -1.59. The maximum absolute atomic E-state index is 12.6. The molecule has 2 rings (SSSR count). The zero-order valence-corrected chi connectivity index (χ0v) is 13.8. The van der Waals surface area contributed by atoms with Crippen LogP contribution in [0.4, 0.5) is 0 Å². The summed E-state index contributed by atoms with van der Waals surface area (Å²) in [6.07, 6.45) is 0. The zero-order chi connectivity index (χ0) is 16.1. The van der Waals surface area contributed by atoms with Crippen LogP contribution in [-0.2, 0) is 4.79 Å². The maximum Gasteiger partial charge on any atom is 0.254 e. The molecule has 1 saturated heterocycles. The SMILES string of the molecule is CC(C)N(CC(=O)N1CCNCC1)C(=O)c1cccc(Cl)c1. The molecule has 0 unspecified atom stereocenters. The minimum absolute atomic E-state index is 0.00872. The molecule has 0 atom stereocenters. The quantitative estimate of drug-likeness (QED) is 0.916. The predicted molar refractivity (Wildman–Crippen MR) is 87.1 cm³/mol. The second-order valence-electron chi connectivity index (χ2n) is 5.67. The van der Waals surface area contributed by atoms with E-state index in [9.17, 15) is 9.59 Å². The highest BCUT2D eigenvalue weighted by Crippen LogP contribution is 2.14. The summed E-state index contributed by atoms with van der Waals surface area (Å²) in [4.78, 5) is 28.4. The van der Waals surface area contributed by atoms with Crippen molar-refractivity contribution >= 4 is 23.4 Å². The van der Waals surface area contributed by atoms with E-state index >= 15 is 0 Å². The molecule has 1 aromatic rings. The second kappa shape index (κ2) is 7.61. The van der Waals surface area contributed by atoms with Gasteiger partial charge in [-0.15, -0.1) is 0 Å². The minimum Gasteiger partial charge on any atom is -0.339 e. The highest BCUT2D eigenvalue weighted by atomic mass is 35.5. The van der Waals surface area contributed by atoms with E-state index in [1.807, 2.05) is 13.8 Å². The van der Waals surface area contributed by atoms with Gasteiger partial charge in [-0.3, -0.25) is 9.59 Å². The molecule has 1 heterocycles. The van der Waals surface area contributed by atoms with Crippen LogP contribution < -0.4 is 5.32 Å². The molecule has 1 fully saturated rings. The van der Waals surface area contributed by atoms with E-state index in [2.05, 4.69) is 5.32 Å². The van der Waals surface area contributed by atoms with Crippen LogP contribution in [0.3, 0.4) is 0 Å². The first-order chi connectivity index (χ1) is 10.5. The smallest absolute Gasteiger partial charge is 0.254 e. The Kier molecular flexibility index (Phi) is 5.80. The lowest BCUT2D eigenvalue weighted by molar-refractivity contribution is -0.132. The van der Waals surface area contributed by atoms with Crippen molar-refractivity contribution in [3.05, 3.63) is 34.9 Å². The van der Waals surface area contributed by atoms with E-state index in [-0.39, 0.29) is 24.4 Å². The van der Waals surface area contributed by atoms with Crippen molar-refractivity contribution in [3.63, 3.8) is 0 Å². The van der Waals surface area contributed by atoms with E-state index in [1.54, 1.807) is 34.1 Å². The van der Waals surface area contributed by atoms with Gasteiger partial charge in [-0.25, -0.2) is 0 Å². The number of carbonyl (C=O) groups is 2. The lowest BCUT2D eigenvalue weighted by Crippen LogP contribution is -2.51. The molecule has 22 heavy (non-hydrogen) atoms. The molecule has 0 aromatic heterocycles. The summed E-state index contributed by atoms with van der Waals surface area (Å²) >= 11 is 5.95. The van der Waals surface area contributed by atoms with Gasteiger partial charge in [0.1, 0.15) is 6.54 Å². The van der Waals surface area contributed by atoms with Gasteiger partial charge in [-0.05, 0) is 32.0 Å². The van der Waals surface area contributed by atoms with Crippen molar-refractivity contribution in [2.24, 2.45) is 0 Å². The van der Waals surface area contributed by atoms with Crippen LogP contribution in [0, 0.1) is 0 Å². The van der Waals surface area contributed by atoms with Gasteiger partial charge in [-0.2, -0.15) is 0 Å². The molecule has 0 radical (unpaired) electrons. The van der Waals surface area contributed by atoms with Gasteiger partial charge in [0.05, 0.1) is 0 Å². The Morgan fingerprint density at radius 1 is 1.32 bits per heavy atom. The third-order valence-corrected chi connectivity index (χ3v) is 3.97. The molecule has 1 aliphatic rings. The summed E-state index contributed by atoms with van der Waals surface area (Å²) < 4.78 is 0. The van der Waals surface area contributed by atoms with Gasteiger partial charge < -0.3 is 15.1 Å². The summed E-state index contributed by atoms with van der Waals surface area (Å²) in [7, 11) is 0. The molecule has 5 nitrogen and oxygen atoms in total. The van der Waals surface area contributed by atoms with Crippen LogP contribution in [0.1, 0.15) is 24.2 Å². The normalized spacial score (nSPS) is 15.0. The van der Waals surface area contributed by atoms with Crippen molar-refractivity contribution in [3.8, 4) is 0 Å². The number of benzene rings is 1. The van der Waals surface area contributed by atoms with Crippen LogP contribution in [0.15, 0.2) is 24.3 Å². The number of carbonyl (C=O) groups excluding carboxylic acids is 2. The Morgan fingerprint density at radius 2 is 2.00 bits per heavy atom. The van der Waals surface area contributed by atoms with Gasteiger partial charge in [0, 0.05) is 42.8 Å². The molecule has 0 aliphatic carbocycles. The molecular formula is C16H22ClN3O2. The van der Waals surface area contributed by atoms with Crippen molar-refractivity contribution in [2.45, 2.75) is 19.9 Å². The number of hydrogen-bond acceptors (Lipinski definition) is 3. The molecule has 6 heteroatoms. The van der Waals surface area contributed by atoms with Crippen molar-refractivity contribution in [1.29, 1.82) is 0 Å². The average molecular weight is 324 g/mol. The van der Waals surface area contributed by atoms with Gasteiger partial charge in [0.25, 0.3) is 5.91 Å². The fourth-order valence-corrected chi connectivity index (χ4v) is 2.63. The van der Waals surface area contributed by atoms with E-state index < -0.39 is 0 Å². The average Bonchev–Trinajstić information content (AvgIpc) is 2.52. The molecule has 0 spiro atoms. The van der Waals surface area contributed by atoms with Crippen molar-refractivity contribution in [1.82, 2.24) is 15.1 Å². The maximum atomic E-state index is 12.6. The van der Waals surface area contributed by atoms with E-state index in [1.165, 1.54) is 0 Å². The number of nitrogens with zero attached hydrogens (tertiary/aromatic N) is 2. The van der Waals surface area contributed by atoms with E-state index in [0.29, 0.717) is 23.7 Å². The third-order valence-electron chi connectivity index (χ3n) is 3.73. The Balaban J connectivity index is 2.09. The molecule has 1 aromatic carbocycles. The number of piperazine rings is 1. The van der Waals surface area contributed by atoms with Crippen LogP contribution >= 0.6 is 11.6 Å². The van der Waals surface area contributed by atoms with Crippen molar-refractivity contribution < 1.29 is 9.59 Å². The summed E-state index contributed by atoms with van der Waals surface area (Å²) in [5.74, 6) is -0.174. The lowest BCUT2D eigenvalue weighted by atomic mass is 10.1. The van der Waals surface area contributed by atoms with Crippen LogP contribution in [0.5, 0.6) is 0 Å². The number of nitrogens with one attached hydrogen (secondary N) is 1. The van der Waals surface area contributed by atoms with Crippen LogP contribution in [-0.4, -0.2) is 60.4 Å². The third kappa shape index (κ3) is 4.21. The molecular weight excluding hydrogens is 302 g/mol. The van der Waals surface area contributed by atoms with Crippen LogP contribution in [0.25, 0.3) is 0 Å². The van der Waals surface area contributed by atoms with Gasteiger partial charge >= 0.3 is 0 Å². The lowest BCUT2D eigenvalue weighted by Gasteiger charge is -2.32. The molecule has 120 valence electrons. The Labute approximate surface area is 136 Å². The predicted octanol–water partition coefficient (Wildman–Crippen LogP) is 1.62. The highest BCUT2D eigenvalue weighted by Gasteiger charge is 2.25. The van der Waals surface area contributed by atoms with Gasteiger partial charge in [0.2, 0.25) is 5.91 Å². The van der Waals surface area contributed by atoms with E-state index in [0.717, 1.165) is 13.1 Å². The largest absolute Gasteiger partial charge is 0.339 e. The first-order valence-electron chi connectivity index (χ1n) is 7.54. The topological polar surface area (TPSA) is 52.7 Å². The summed E-state index contributed by atoms with van der Waals surface area (Å²) in [6, 6.07) is 6.77. The molecule has 0 bridgehead atoms. The minimum atomic E-state index is -0.166. The summed E-state index contributed by atoms with van der Waals surface area (Å²) in [6.45, 7) is 6.90. The number of amides is 2. The molecule has 0 saturated carbocycles. The first-order valence-corrected chi connectivity index (χ1v) is 7.92. The fourth-order valence-electron chi connectivity index (χ4n) is 2.44. The molecule has 2 amide bonds. The van der Waals surface area contributed by atoms with Crippen molar-refractivity contribution in [2.75, 3.05) is 32.7 Å².